The maximum atomic E-state index is 9.36. The fourth-order valence-electron chi connectivity index (χ4n) is 1.09. The van der Waals surface area contributed by atoms with Crippen molar-refractivity contribution in [1.82, 2.24) is 5.32 Å². The van der Waals surface area contributed by atoms with Gasteiger partial charge in [-0.1, -0.05) is 13.8 Å². The van der Waals surface area contributed by atoms with E-state index in [9.17, 15) is 5.11 Å². The Morgan fingerprint density at radius 1 is 1.20 bits per heavy atom. The minimum absolute atomic E-state index is 0.362. The topological polar surface area (TPSA) is 50.7 Å². The summed E-state index contributed by atoms with van der Waals surface area (Å²) in [5, 5.41) is 12.7. The highest BCUT2D eigenvalue weighted by Gasteiger charge is 2.03. The summed E-state index contributed by atoms with van der Waals surface area (Å²) in [6.45, 7) is 9.14. The van der Waals surface area contributed by atoms with E-state index in [4.69, 9.17) is 9.47 Å². The molecule has 0 aliphatic carbocycles. The molecule has 0 aliphatic heterocycles. The van der Waals surface area contributed by atoms with Gasteiger partial charge in [0, 0.05) is 19.3 Å². The summed E-state index contributed by atoms with van der Waals surface area (Å²) < 4.78 is 10.4. The molecule has 0 aromatic carbocycles. The lowest BCUT2D eigenvalue weighted by Gasteiger charge is -2.11. The molecule has 92 valence electrons. The zero-order chi connectivity index (χ0) is 11.5. The van der Waals surface area contributed by atoms with E-state index in [1.165, 1.54) is 0 Å². The Hall–Kier alpha value is -0.160. The molecule has 15 heavy (non-hydrogen) atoms. The summed E-state index contributed by atoms with van der Waals surface area (Å²) in [5.74, 6) is 0. The van der Waals surface area contributed by atoms with Crippen LogP contribution in [0.1, 0.15) is 27.2 Å². The van der Waals surface area contributed by atoms with E-state index in [-0.39, 0.29) is 0 Å². The van der Waals surface area contributed by atoms with E-state index in [1.54, 1.807) is 0 Å². The lowest BCUT2D eigenvalue weighted by molar-refractivity contribution is -0.0164. The molecular formula is C11H25NO3. The summed E-state index contributed by atoms with van der Waals surface area (Å²) >= 11 is 0. The average molecular weight is 219 g/mol. The first-order valence-electron chi connectivity index (χ1n) is 5.73. The van der Waals surface area contributed by atoms with Crippen LogP contribution in [0.25, 0.3) is 0 Å². The number of aliphatic hydroxyl groups is 1. The SMILES string of the molecule is CCOCC(O)COCCCNC(C)C. The predicted molar refractivity (Wildman–Crippen MR) is 61.1 cm³/mol. The Balaban J connectivity index is 3.09. The molecular weight excluding hydrogens is 194 g/mol. The van der Waals surface area contributed by atoms with Crippen molar-refractivity contribution in [1.29, 1.82) is 0 Å². The highest BCUT2D eigenvalue weighted by atomic mass is 16.5. The molecule has 1 unspecified atom stereocenters. The Bertz CT molecular complexity index is 131. The summed E-state index contributed by atoms with van der Waals surface area (Å²) in [5.41, 5.74) is 0. The van der Waals surface area contributed by atoms with E-state index in [0.717, 1.165) is 13.0 Å². The van der Waals surface area contributed by atoms with Gasteiger partial charge in [0.15, 0.2) is 0 Å². The molecule has 0 aliphatic rings. The van der Waals surface area contributed by atoms with E-state index in [2.05, 4.69) is 19.2 Å². The number of hydrogen-bond donors (Lipinski definition) is 2. The number of ether oxygens (including phenoxy) is 2. The summed E-state index contributed by atoms with van der Waals surface area (Å²) in [7, 11) is 0. The van der Waals surface area contributed by atoms with Crippen LogP contribution < -0.4 is 5.32 Å². The van der Waals surface area contributed by atoms with Crippen molar-refractivity contribution < 1.29 is 14.6 Å². The summed E-state index contributed by atoms with van der Waals surface area (Å²) in [6.07, 6.45) is 0.475. The Labute approximate surface area is 93.0 Å². The third kappa shape index (κ3) is 11.8. The van der Waals surface area contributed by atoms with Gasteiger partial charge in [-0.05, 0) is 19.9 Å². The van der Waals surface area contributed by atoms with Crippen LogP contribution >= 0.6 is 0 Å². The van der Waals surface area contributed by atoms with Crippen LogP contribution in [-0.2, 0) is 9.47 Å². The maximum absolute atomic E-state index is 9.36. The minimum atomic E-state index is -0.497. The highest BCUT2D eigenvalue weighted by molar-refractivity contribution is 4.54. The second-order valence-electron chi connectivity index (χ2n) is 3.85. The maximum Gasteiger partial charge on any atom is 0.101 e. The molecule has 0 radical (unpaired) electrons. The Kier molecular flexibility index (Phi) is 10.3. The summed E-state index contributed by atoms with van der Waals surface area (Å²) in [4.78, 5) is 0. The zero-order valence-electron chi connectivity index (χ0n) is 10.2. The molecule has 1 atom stereocenters. The fourth-order valence-corrected chi connectivity index (χ4v) is 1.09. The first-order valence-corrected chi connectivity index (χ1v) is 5.73. The average Bonchev–Trinajstić information content (AvgIpc) is 2.19. The highest BCUT2D eigenvalue weighted by Crippen LogP contribution is 1.89. The van der Waals surface area contributed by atoms with E-state index < -0.39 is 6.10 Å². The molecule has 0 saturated heterocycles. The van der Waals surface area contributed by atoms with Crippen molar-refractivity contribution in [2.24, 2.45) is 0 Å². The van der Waals surface area contributed by atoms with Gasteiger partial charge in [0.2, 0.25) is 0 Å². The number of nitrogens with one attached hydrogen (secondary N) is 1. The molecule has 0 heterocycles. The monoisotopic (exact) mass is 219 g/mol. The van der Waals surface area contributed by atoms with Gasteiger partial charge in [-0.25, -0.2) is 0 Å². The Morgan fingerprint density at radius 2 is 1.87 bits per heavy atom. The lowest BCUT2D eigenvalue weighted by Crippen LogP contribution is -2.26. The van der Waals surface area contributed by atoms with Crippen molar-refractivity contribution in [3.63, 3.8) is 0 Å². The van der Waals surface area contributed by atoms with Crippen molar-refractivity contribution in [3.8, 4) is 0 Å². The van der Waals surface area contributed by atoms with Gasteiger partial charge >= 0.3 is 0 Å². The van der Waals surface area contributed by atoms with Crippen LogP contribution in [0.15, 0.2) is 0 Å². The molecule has 2 N–H and O–H groups in total. The quantitative estimate of drug-likeness (QED) is 0.533. The van der Waals surface area contributed by atoms with Gasteiger partial charge in [0.1, 0.15) is 6.10 Å². The van der Waals surface area contributed by atoms with E-state index in [0.29, 0.717) is 32.5 Å². The number of aliphatic hydroxyl groups excluding tert-OH is 1. The molecule has 0 fully saturated rings. The van der Waals surface area contributed by atoms with Crippen molar-refractivity contribution in [2.75, 3.05) is 33.0 Å². The predicted octanol–water partition coefficient (Wildman–Crippen LogP) is 0.788. The molecule has 0 saturated carbocycles. The zero-order valence-corrected chi connectivity index (χ0v) is 10.2. The van der Waals surface area contributed by atoms with Crippen LogP contribution in [0.4, 0.5) is 0 Å². The van der Waals surface area contributed by atoms with Gasteiger partial charge in [-0.15, -0.1) is 0 Å². The van der Waals surface area contributed by atoms with Crippen molar-refractivity contribution in [2.45, 2.75) is 39.3 Å². The number of rotatable bonds is 10. The fraction of sp³-hybridized carbons (Fsp3) is 1.00. The van der Waals surface area contributed by atoms with Crippen LogP contribution in [-0.4, -0.2) is 50.2 Å². The van der Waals surface area contributed by atoms with Gasteiger partial charge in [0.05, 0.1) is 13.2 Å². The Morgan fingerprint density at radius 3 is 2.47 bits per heavy atom. The third-order valence-electron chi connectivity index (χ3n) is 1.84. The number of hydrogen-bond acceptors (Lipinski definition) is 4. The third-order valence-corrected chi connectivity index (χ3v) is 1.84. The molecule has 0 amide bonds. The van der Waals surface area contributed by atoms with Crippen molar-refractivity contribution in [3.05, 3.63) is 0 Å². The van der Waals surface area contributed by atoms with Gasteiger partial charge in [-0.2, -0.15) is 0 Å². The molecule has 4 heteroatoms. The van der Waals surface area contributed by atoms with Crippen molar-refractivity contribution >= 4 is 0 Å². The van der Waals surface area contributed by atoms with Crippen LogP contribution in [0.2, 0.25) is 0 Å². The van der Waals surface area contributed by atoms with E-state index >= 15 is 0 Å². The molecule has 0 spiro atoms. The van der Waals surface area contributed by atoms with Crippen LogP contribution in [0.5, 0.6) is 0 Å². The first kappa shape index (κ1) is 14.8. The standard InChI is InChI=1S/C11H25NO3/c1-4-14-8-11(13)9-15-7-5-6-12-10(2)3/h10-13H,4-9H2,1-3H3. The molecule has 0 rings (SSSR count). The minimum Gasteiger partial charge on any atom is -0.388 e. The summed E-state index contributed by atoms with van der Waals surface area (Å²) in [6, 6.07) is 0.522. The molecule has 0 aromatic rings. The van der Waals surface area contributed by atoms with Crippen LogP contribution in [0, 0.1) is 0 Å². The largest absolute Gasteiger partial charge is 0.388 e. The second-order valence-corrected chi connectivity index (χ2v) is 3.85. The lowest BCUT2D eigenvalue weighted by atomic mass is 10.3. The normalized spacial score (nSPS) is 13.4. The smallest absolute Gasteiger partial charge is 0.101 e. The van der Waals surface area contributed by atoms with Crippen LogP contribution in [0.3, 0.4) is 0 Å². The first-order chi connectivity index (χ1) is 7.16. The van der Waals surface area contributed by atoms with E-state index in [1.807, 2.05) is 6.92 Å². The molecule has 0 bridgehead atoms. The van der Waals surface area contributed by atoms with Gasteiger partial charge < -0.3 is 19.9 Å². The molecule has 4 nitrogen and oxygen atoms in total. The molecule has 0 aromatic heterocycles. The van der Waals surface area contributed by atoms with Gasteiger partial charge in [-0.3, -0.25) is 0 Å². The van der Waals surface area contributed by atoms with Gasteiger partial charge in [0.25, 0.3) is 0 Å². The second kappa shape index (κ2) is 10.4.